The van der Waals surface area contributed by atoms with Gasteiger partial charge in [0.05, 0.1) is 4.90 Å². The Hall–Kier alpha value is -5.26. The van der Waals surface area contributed by atoms with Gasteiger partial charge in [0, 0.05) is 67.0 Å². The summed E-state index contributed by atoms with van der Waals surface area (Å²) in [6, 6.07) is 28.5. The number of carboxylic acid groups (broad SMARTS) is 1. The highest BCUT2D eigenvalue weighted by molar-refractivity contribution is 7.89. The Bertz CT molecular complexity index is 2120. The Morgan fingerprint density at radius 2 is 1.49 bits per heavy atom. The first-order chi connectivity index (χ1) is 23.5. The normalized spacial score (nSPS) is 13.6. The van der Waals surface area contributed by atoms with E-state index in [1.165, 1.54) is 29.4 Å². The Morgan fingerprint density at radius 1 is 0.837 bits per heavy atom. The standard InChI is InChI=1S/C38H37N3O7S/c1-26-33-24-32(16-17-35(33)48-36(26)38(44)45)49(46,47)41(19-18-28-8-4-3-5-9-28)25-31-10-6-7-11-34(31)39-20-22-40(23-21-39)37(43)30-14-12-29(13-15-30)27(2)42/h3-17,24H,18-23,25H2,1-2H3,(H,44,45). The number of ketones is 1. The van der Waals surface area contributed by atoms with E-state index >= 15 is 0 Å². The summed E-state index contributed by atoms with van der Waals surface area (Å²) in [7, 11) is -4.04. The number of amides is 1. The molecule has 0 spiro atoms. The summed E-state index contributed by atoms with van der Waals surface area (Å²) in [6.45, 7) is 5.52. The fourth-order valence-electron chi connectivity index (χ4n) is 6.22. The van der Waals surface area contributed by atoms with Gasteiger partial charge in [-0.2, -0.15) is 4.31 Å². The lowest BCUT2D eigenvalue weighted by Crippen LogP contribution is -2.49. The third kappa shape index (κ3) is 7.13. The lowest BCUT2D eigenvalue weighted by molar-refractivity contribution is 0.0663. The van der Waals surface area contributed by atoms with Crippen LogP contribution in [0.5, 0.6) is 0 Å². The number of nitrogens with zero attached hydrogens (tertiary/aromatic N) is 3. The number of anilines is 1. The number of hydrogen-bond acceptors (Lipinski definition) is 7. The van der Waals surface area contributed by atoms with E-state index in [0.717, 1.165) is 16.8 Å². The Labute approximate surface area is 285 Å². The molecular formula is C38H37N3O7S. The van der Waals surface area contributed by atoms with Gasteiger partial charge in [-0.05, 0) is 67.8 Å². The summed E-state index contributed by atoms with van der Waals surface area (Å²) in [4.78, 5) is 40.5. The molecule has 4 aromatic carbocycles. The van der Waals surface area contributed by atoms with Gasteiger partial charge in [0.2, 0.25) is 15.8 Å². The van der Waals surface area contributed by atoms with Crippen LogP contribution in [0.15, 0.2) is 106 Å². The molecule has 1 aromatic heterocycles. The molecule has 1 N–H and O–H groups in total. The molecule has 1 amide bonds. The first kappa shape index (κ1) is 33.6. The minimum Gasteiger partial charge on any atom is -0.475 e. The number of sulfonamides is 1. The van der Waals surface area contributed by atoms with Crippen molar-refractivity contribution in [2.24, 2.45) is 0 Å². The van der Waals surface area contributed by atoms with Gasteiger partial charge in [0.1, 0.15) is 5.58 Å². The van der Waals surface area contributed by atoms with E-state index in [2.05, 4.69) is 4.90 Å². The van der Waals surface area contributed by atoms with Crippen LogP contribution in [0.3, 0.4) is 0 Å². The van der Waals surface area contributed by atoms with E-state index in [1.807, 2.05) is 54.6 Å². The molecule has 5 aromatic rings. The molecule has 0 bridgehead atoms. The molecule has 0 radical (unpaired) electrons. The fourth-order valence-corrected chi connectivity index (χ4v) is 7.67. The third-order valence-corrected chi connectivity index (χ3v) is 10.9. The van der Waals surface area contributed by atoms with E-state index in [1.54, 1.807) is 36.1 Å². The van der Waals surface area contributed by atoms with E-state index in [0.29, 0.717) is 60.3 Å². The molecular weight excluding hydrogens is 642 g/mol. The zero-order chi connectivity index (χ0) is 34.7. The Morgan fingerprint density at radius 3 is 2.16 bits per heavy atom. The SMILES string of the molecule is CC(=O)c1ccc(C(=O)N2CCN(c3ccccc3CN(CCc3ccccc3)S(=O)(=O)c3ccc4oc(C(=O)O)c(C)c4c3)CC2)cc1. The number of para-hydroxylation sites is 1. The van der Waals surface area contributed by atoms with Gasteiger partial charge in [-0.15, -0.1) is 0 Å². The van der Waals surface area contributed by atoms with Crippen LogP contribution < -0.4 is 4.90 Å². The molecule has 11 heteroatoms. The smallest absolute Gasteiger partial charge is 0.372 e. The summed E-state index contributed by atoms with van der Waals surface area (Å²) < 4.78 is 35.7. The predicted octanol–water partition coefficient (Wildman–Crippen LogP) is 6.04. The van der Waals surface area contributed by atoms with Crippen molar-refractivity contribution in [3.63, 3.8) is 0 Å². The molecule has 1 aliphatic rings. The zero-order valence-electron chi connectivity index (χ0n) is 27.3. The van der Waals surface area contributed by atoms with Crippen molar-refractivity contribution in [3.05, 3.63) is 131 Å². The quantitative estimate of drug-likeness (QED) is 0.168. The summed E-state index contributed by atoms with van der Waals surface area (Å²) in [6.07, 6.45) is 0.493. The number of benzene rings is 4. The highest BCUT2D eigenvalue weighted by Gasteiger charge is 2.29. The van der Waals surface area contributed by atoms with Crippen molar-refractivity contribution >= 4 is 44.3 Å². The molecule has 2 heterocycles. The average Bonchev–Trinajstić information content (AvgIpc) is 3.46. The molecule has 1 aliphatic heterocycles. The molecule has 49 heavy (non-hydrogen) atoms. The van der Waals surface area contributed by atoms with Crippen molar-refractivity contribution in [3.8, 4) is 0 Å². The molecule has 0 unspecified atom stereocenters. The van der Waals surface area contributed by atoms with Gasteiger partial charge in [0.15, 0.2) is 5.78 Å². The van der Waals surface area contributed by atoms with Crippen LogP contribution in [0.4, 0.5) is 5.69 Å². The maximum atomic E-state index is 14.4. The van der Waals surface area contributed by atoms with E-state index < -0.39 is 16.0 Å². The van der Waals surface area contributed by atoms with Gasteiger partial charge in [0.25, 0.3) is 5.91 Å². The molecule has 0 aliphatic carbocycles. The Kier molecular flexibility index (Phi) is 9.66. The van der Waals surface area contributed by atoms with Crippen LogP contribution in [0.2, 0.25) is 0 Å². The number of aromatic carboxylic acids is 1. The number of piperazine rings is 1. The summed E-state index contributed by atoms with van der Waals surface area (Å²) in [5.41, 5.74) is 4.48. The second-order valence-corrected chi connectivity index (χ2v) is 14.1. The highest BCUT2D eigenvalue weighted by atomic mass is 32.2. The molecule has 6 rings (SSSR count). The lowest BCUT2D eigenvalue weighted by atomic mass is 10.1. The van der Waals surface area contributed by atoms with Crippen molar-refractivity contribution in [2.45, 2.75) is 31.7 Å². The molecule has 0 saturated carbocycles. The first-order valence-corrected chi connectivity index (χ1v) is 17.5. The van der Waals surface area contributed by atoms with Crippen molar-refractivity contribution in [2.75, 3.05) is 37.6 Å². The fraction of sp³-hybridized carbons (Fsp3) is 0.237. The number of Topliss-reactive ketones (excluding diaryl/α,β-unsaturated/α-hetero) is 1. The van der Waals surface area contributed by atoms with Crippen LogP contribution in [0.1, 0.15) is 54.9 Å². The van der Waals surface area contributed by atoms with E-state index in [-0.39, 0.29) is 35.4 Å². The van der Waals surface area contributed by atoms with Crippen LogP contribution in [0, 0.1) is 6.92 Å². The number of fused-ring (bicyclic) bond motifs is 1. The molecule has 252 valence electrons. The van der Waals surface area contributed by atoms with Gasteiger partial charge in [-0.3, -0.25) is 9.59 Å². The predicted molar refractivity (Wildman–Crippen MR) is 187 cm³/mol. The number of carbonyl (C=O) groups excluding carboxylic acids is 2. The second kappa shape index (κ2) is 14.1. The first-order valence-electron chi connectivity index (χ1n) is 16.1. The Balaban J connectivity index is 1.25. The number of hydrogen-bond donors (Lipinski definition) is 1. The number of aryl methyl sites for hydroxylation is 1. The largest absolute Gasteiger partial charge is 0.475 e. The third-order valence-electron chi connectivity index (χ3n) is 9.02. The van der Waals surface area contributed by atoms with Crippen molar-refractivity contribution in [1.82, 2.24) is 9.21 Å². The topological polar surface area (TPSA) is 128 Å². The lowest BCUT2D eigenvalue weighted by Gasteiger charge is -2.37. The minimum atomic E-state index is -4.04. The number of furan rings is 1. The monoisotopic (exact) mass is 679 g/mol. The number of carboxylic acids is 1. The molecule has 1 fully saturated rings. The minimum absolute atomic E-state index is 0.0508. The summed E-state index contributed by atoms with van der Waals surface area (Å²) in [5, 5.41) is 9.96. The van der Waals surface area contributed by atoms with Crippen LogP contribution >= 0.6 is 0 Å². The van der Waals surface area contributed by atoms with E-state index in [4.69, 9.17) is 4.42 Å². The van der Waals surface area contributed by atoms with Gasteiger partial charge >= 0.3 is 5.97 Å². The maximum absolute atomic E-state index is 14.4. The van der Waals surface area contributed by atoms with Gasteiger partial charge in [-0.25, -0.2) is 13.2 Å². The molecule has 10 nitrogen and oxygen atoms in total. The number of rotatable bonds is 11. The highest BCUT2D eigenvalue weighted by Crippen LogP contribution is 2.31. The van der Waals surface area contributed by atoms with Crippen LogP contribution in [-0.4, -0.2) is 73.1 Å². The average molecular weight is 680 g/mol. The van der Waals surface area contributed by atoms with Gasteiger partial charge < -0.3 is 19.3 Å². The van der Waals surface area contributed by atoms with Crippen LogP contribution in [-0.2, 0) is 23.0 Å². The van der Waals surface area contributed by atoms with Crippen molar-refractivity contribution < 1.29 is 32.3 Å². The van der Waals surface area contributed by atoms with E-state index in [9.17, 15) is 27.9 Å². The summed E-state index contributed by atoms with van der Waals surface area (Å²) >= 11 is 0. The van der Waals surface area contributed by atoms with Crippen molar-refractivity contribution in [1.29, 1.82) is 0 Å². The summed E-state index contributed by atoms with van der Waals surface area (Å²) in [5.74, 6) is -1.58. The number of carbonyl (C=O) groups is 3. The molecule has 1 saturated heterocycles. The van der Waals surface area contributed by atoms with Gasteiger partial charge in [-0.1, -0.05) is 60.7 Å². The van der Waals surface area contributed by atoms with Crippen LogP contribution in [0.25, 0.3) is 11.0 Å². The maximum Gasteiger partial charge on any atom is 0.372 e. The molecule has 0 atom stereocenters. The zero-order valence-corrected chi connectivity index (χ0v) is 28.2. The second-order valence-electron chi connectivity index (χ2n) is 12.1.